The van der Waals surface area contributed by atoms with E-state index in [1.807, 2.05) is 50.2 Å². The maximum atomic E-state index is 12.7. The molecule has 4 aromatic rings. The van der Waals surface area contributed by atoms with Crippen LogP contribution >= 0.6 is 0 Å². The second-order valence-electron chi connectivity index (χ2n) is 7.09. The Kier molecular flexibility index (Phi) is 4.53. The molecule has 0 spiro atoms. The Morgan fingerprint density at radius 1 is 0.759 bits per heavy atom. The number of aryl methyl sites for hydroxylation is 2. The predicted octanol–water partition coefficient (Wildman–Crippen LogP) is 6.76. The Labute approximate surface area is 165 Å². The number of alkyl halides is 3. The number of hydrogen-bond donors (Lipinski definition) is 0. The fourth-order valence-corrected chi connectivity index (χ4v) is 3.60. The summed E-state index contributed by atoms with van der Waals surface area (Å²) in [4.78, 5) is 12.0. The van der Waals surface area contributed by atoms with Crippen molar-refractivity contribution < 1.29 is 17.6 Å². The van der Waals surface area contributed by atoms with Crippen molar-refractivity contribution in [1.29, 1.82) is 0 Å². The molecule has 0 aliphatic carbocycles. The second kappa shape index (κ2) is 6.92. The normalized spacial score (nSPS) is 11.8. The van der Waals surface area contributed by atoms with E-state index in [0.717, 1.165) is 45.3 Å². The van der Waals surface area contributed by atoms with Crippen LogP contribution in [0.25, 0.3) is 33.2 Å². The fraction of sp³-hybridized carbons (Fsp3) is 0.125. The Bertz CT molecular complexity index is 1250. The number of rotatable bonds is 2. The Hall–Kier alpha value is -3.34. The van der Waals surface area contributed by atoms with Crippen LogP contribution in [0.15, 0.2) is 75.9 Å². The third-order valence-electron chi connectivity index (χ3n) is 4.93. The standard InChI is InChI=1S/C24H17F3O2/c1-14-11-15(2)23-20(13-22(28)29-21(23)12-14)18-5-3-16(4-6-18)17-7-9-19(10-8-17)24(25,26)27/h3-13H,1-2H3. The summed E-state index contributed by atoms with van der Waals surface area (Å²) in [5.74, 6) is 0. The maximum Gasteiger partial charge on any atom is 0.416 e. The summed E-state index contributed by atoms with van der Waals surface area (Å²) in [6, 6.07) is 17.8. The second-order valence-corrected chi connectivity index (χ2v) is 7.09. The van der Waals surface area contributed by atoms with E-state index >= 15 is 0 Å². The lowest BCUT2D eigenvalue weighted by atomic mass is 9.95. The van der Waals surface area contributed by atoms with Gasteiger partial charge in [0.2, 0.25) is 0 Å². The van der Waals surface area contributed by atoms with Gasteiger partial charge in [-0.3, -0.25) is 0 Å². The van der Waals surface area contributed by atoms with Gasteiger partial charge < -0.3 is 4.42 Å². The Morgan fingerprint density at radius 2 is 1.31 bits per heavy atom. The summed E-state index contributed by atoms with van der Waals surface area (Å²) in [5.41, 5.74) is 4.54. The van der Waals surface area contributed by atoms with Gasteiger partial charge in [0.15, 0.2) is 0 Å². The van der Waals surface area contributed by atoms with E-state index in [1.165, 1.54) is 18.2 Å². The van der Waals surface area contributed by atoms with E-state index in [0.29, 0.717) is 11.1 Å². The first-order chi connectivity index (χ1) is 13.7. The van der Waals surface area contributed by atoms with Crippen LogP contribution in [0.5, 0.6) is 0 Å². The third kappa shape index (κ3) is 3.68. The summed E-state index contributed by atoms with van der Waals surface area (Å²) in [5, 5.41) is 0.873. The third-order valence-corrected chi connectivity index (χ3v) is 4.93. The zero-order valence-electron chi connectivity index (χ0n) is 15.8. The highest BCUT2D eigenvalue weighted by Crippen LogP contribution is 2.33. The number of fused-ring (bicyclic) bond motifs is 1. The minimum absolute atomic E-state index is 0.427. The van der Waals surface area contributed by atoms with Crippen LogP contribution in [0.4, 0.5) is 13.2 Å². The lowest BCUT2D eigenvalue weighted by molar-refractivity contribution is -0.137. The molecule has 0 bridgehead atoms. The lowest BCUT2D eigenvalue weighted by Crippen LogP contribution is -2.03. The smallest absolute Gasteiger partial charge is 0.416 e. The van der Waals surface area contributed by atoms with Crippen molar-refractivity contribution >= 4 is 11.0 Å². The van der Waals surface area contributed by atoms with Crippen LogP contribution in [-0.2, 0) is 6.18 Å². The first-order valence-electron chi connectivity index (χ1n) is 9.05. The molecule has 0 saturated heterocycles. The molecule has 0 saturated carbocycles. The summed E-state index contributed by atoms with van der Waals surface area (Å²) in [6.45, 7) is 3.91. The summed E-state index contributed by atoms with van der Waals surface area (Å²) in [7, 11) is 0. The molecule has 5 heteroatoms. The van der Waals surface area contributed by atoms with Gasteiger partial charge >= 0.3 is 11.8 Å². The van der Waals surface area contributed by atoms with Crippen LogP contribution in [0.1, 0.15) is 16.7 Å². The molecule has 1 aromatic heterocycles. The molecular weight excluding hydrogens is 377 g/mol. The van der Waals surface area contributed by atoms with E-state index < -0.39 is 17.4 Å². The molecule has 0 amide bonds. The van der Waals surface area contributed by atoms with Crippen LogP contribution in [0.2, 0.25) is 0 Å². The van der Waals surface area contributed by atoms with E-state index in [4.69, 9.17) is 4.42 Å². The monoisotopic (exact) mass is 394 g/mol. The van der Waals surface area contributed by atoms with Gasteiger partial charge in [0.1, 0.15) is 5.58 Å². The molecule has 0 atom stereocenters. The minimum atomic E-state index is -4.35. The van der Waals surface area contributed by atoms with Crippen molar-refractivity contribution in [2.24, 2.45) is 0 Å². The van der Waals surface area contributed by atoms with Crippen LogP contribution in [-0.4, -0.2) is 0 Å². The molecule has 2 nitrogen and oxygen atoms in total. The molecule has 0 N–H and O–H groups in total. The summed E-state index contributed by atoms with van der Waals surface area (Å²) < 4.78 is 43.6. The zero-order chi connectivity index (χ0) is 20.8. The molecule has 0 fully saturated rings. The molecule has 0 unspecified atom stereocenters. The van der Waals surface area contributed by atoms with E-state index in [1.54, 1.807) is 0 Å². The largest absolute Gasteiger partial charge is 0.423 e. The zero-order valence-corrected chi connectivity index (χ0v) is 15.8. The topological polar surface area (TPSA) is 30.2 Å². The average Bonchev–Trinajstić information content (AvgIpc) is 2.66. The lowest BCUT2D eigenvalue weighted by Gasteiger charge is -2.11. The highest BCUT2D eigenvalue weighted by molar-refractivity contribution is 5.96. The van der Waals surface area contributed by atoms with Crippen LogP contribution in [0, 0.1) is 13.8 Å². The first-order valence-corrected chi connectivity index (χ1v) is 9.05. The molecule has 146 valence electrons. The average molecular weight is 394 g/mol. The fourth-order valence-electron chi connectivity index (χ4n) is 3.60. The van der Waals surface area contributed by atoms with Gasteiger partial charge in [-0.15, -0.1) is 0 Å². The van der Waals surface area contributed by atoms with Crippen LogP contribution in [0.3, 0.4) is 0 Å². The van der Waals surface area contributed by atoms with Crippen LogP contribution < -0.4 is 5.63 Å². The molecule has 1 heterocycles. The quantitative estimate of drug-likeness (QED) is 0.352. The van der Waals surface area contributed by atoms with E-state index in [-0.39, 0.29) is 0 Å². The Morgan fingerprint density at radius 3 is 1.90 bits per heavy atom. The molecule has 0 aliphatic heterocycles. The van der Waals surface area contributed by atoms with Crippen molar-refractivity contribution in [3.05, 3.63) is 93.8 Å². The predicted molar refractivity (Wildman–Crippen MR) is 108 cm³/mol. The molecule has 29 heavy (non-hydrogen) atoms. The number of halogens is 3. The SMILES string of the molecule is Cc1cc(C)c2c(-c3ccc(-c4ccc(C(F)(F)F)cc4)cc3)cc(=O)oc2c1. The van der Waals surface area contributed by atoms with Crippen molar-refractivity contribution in [1.82, 2.24) is 0 Å². The van der Waals surface area contributed by atoms with E-state index in [9.17, 15) is 18.0 Å². The highest BCUT2D eigenvalue weighted by atomic mass is 19.4. The van der Waals surface area contributed by atoms with Crippen molar-refractivity contribution in [3.63, 3.8) is 0 Å². The Balaban J connectivity index is 1.76. The van der Waals surface area contributed by atoms with E-state index in [2.05, 4.69) is 0 Å². The van der Waals surface area contributed by atoms with Crippen molar-refractivity contribution in [2.45, 2.75) is 20.0 Å². The molecule has 4 rings (SSSR count). The molecule has 3 aromatic carbocycles. The van der Waals surface area contributed by atoms with Crippen molar-refractivity contribution in [3.8, 4) is 22.3 Å². The number of benzene rings is 3. The van der Waals surface area contributed by atoms with Gasteiger partial charge in [-0.05, 0) is 59.9 Å². The van der Waals surface area contributed by atoms with Gasteiger partial charge in [-0.2, -0.15) is 13.2 Å². The maximum absolute atomic E-state index is 12.7. The summed E-state index contributed by atoms with van der Waals surface area (Å²) in [6.07, 6.45) is -4.35. The van der Waals surface area contributed by atoms with Gasteiger partial charge in [0.25, 0.3) is 0 Å². The highest BCUT2D eigenvalue weighted by Gasteiger charge is 2.29. The van der Waals surface area contributed by atoms with Gasteiger partial charge in [-0.1, -0.05) is 42.5 Å². The number of hydrogen-bond acceptors (Lipinski definition) is 2. The summed E-state index contributed by atoms with van der Waals surface area (Å²) >= 11 is 0. The first kappa shape index (κ1) is 19.0. The van der Waals surface area contributed by atoms with Crippen molar-refractivity contribution in [2.75, 3.05) is 0 Å². The van der Waals surface area contributed by atoms with Gasteiger partial charge in [0.05, 0.1) is 5.56 Å². The minimum Gasteiger partial charge on any atom is -0.423 e. The molecule has 0 radical (unpaired) electrons. The molecular formula is C24H17F3O2. The molecule has 0 aliphatic rings. The van der Waals surface area contributed by atoms with Gasteiger partial charge in [-0.25, -0.2) is 4.79 Å². The van der Waals surface area contributed by atoms with Gasteiger partial charge in [0, 0.05) is 17.0 Å².